The Morgan fingerprint density at radius 3 is 2.91 bits per heavy atom. The SMILES string of the molecule is Cc1cc(CC(C)C)ncc1N1C(=O)Nc2c(C(=O)NC3=CCCC[C@@H]3N)sc3nccc1c23. The normalized spacial score (nSPS) is 17.7. The van der Waals surface area contributed by atoms with E-state index in [0.29, 0.717) is 32.7 Å². The molecule has 0 radical (unpaired) electrons. The van der Waals surface area contributed by atoms with Crippen molar-refractivity contribution in [3.8, 4) is 0 Å². The summed E-state index contributed by atoms with van der Waals surface area (Å²) < 4.78 is 0. The lowest BCUT2D eigenvalue weighted by molar-refractivity contribution is 0.0967. The van der Waals surface area contributed by atoms with Crippen LogP contribution in [-0.2, 0) is 6.42 Å². The fourth-order valence-corrected chi connectivity index (χ4v) is 5.60. The molecule has 4 heterocycles. The molecule has 5 rings (SSSR count). The lowest BCUT2D eigenvalue weighted by atomic mass is 10.00. The van der Waals surface area contributed by atoms with E-state index in [0.717, 1.165) is 48.0 Å². The van der Waals surface area contributed by atoms with E-state index in [2.05, 4.69) is 34.4 Å². The second-order valence-electron chi connectivity index (χ2n) is 9.29. The molecule has 3 amide bonds. The molecule has 3 aromatic rings. The number of anilines is 3. The summed E-state index contributed by atoms with van der Waals surface area (Å²) in [5, 5.41) is 6.65. The number of rotatable bonds is 5. The highest BCUT2D eigenvalue weighted by Gasteiger charge is 2.34. The molecule has 0 saturated carbocycles. The van der Waals surface area contributed by atoms with Crippen LogP contribution in [0.5, 0.6) is 0 Å². The number of nitrogens with one attached hydrogen (secondary N) is 2. The quantitative estimate of drug-likeness (QED) is 0.479. The molecule has 34 heavy (non-hydrogen) atoms. The Balaban J connectivity index is 1.54. The van der Waals surface area contributed by atoms with Crippen LogP contribution in [0.15, 0.2) is 36.3 Å². The summed E-state index contributed by atoms with van der Waals surface area (Å²) in [6.45, 7) is 6.29. The third-order valence-corrected chi connectivity index (χ3v) is 7.29. The van der Waals surface area contributed by atoms with Gasteiger partial charge in [-0.2, -0.15) is 0 Å². The third-order valence-electron chi connectivity index (χ3n) is 6.19. The molecule has 1 aliphatic carbocycles. The molecule has 0 bridgehead atoms. The van der Waals surface area contributed by atoms with Crippen molar-refractivity contribution in [2.24, 2.45) is 11.7 Å². The number of carbonyl (C=O) groups excluding carboxylic acids is 2. The Labute approximate surface area is 202 Å². The van der Waals surface area contributed by atoms with Crippen molar-refractivity contribution in [1.82, 2.24) is 15.3 Å². The first kappa shape index (κ1) is 22.5. The Bertz CT molecular complexity index is 1330. The maximum absolute atomic E-state index is 13.3. The molecule has 8 nitrogen and oxygen atoms in total. The lowest BCUT2D eigenvalue weighted by Gasteiger charge is -2.29. The first-order valence-corrected chi connectivity index (χ1v) is 12.4. The van der Waals surface area contributed by atoms with Gasteiger partial charge in [0.2, 0.25) is 0 Å². The highest BCUT2D eigenvalue weighted by atomic mass is 32.1. The van der Waals surface area contributed by atoms with E-state index >= 15 is 0 Å². The van der Waals surface area contributed by atoms with Crippen LogP contribution in [0.4, 0.5) is 21.9 Å². The zero-order valence-corrected chi connectivity index (χ0v) is 20.3. The summed E-state index contributed by atoms with van der Waals surface area (Å²) in [5.41, 5.74) is 10.8. The van der Waals surface area contributed by atoms with Crippen LogP contribution in [0.2, 0.25) is 0 Å². The van der Waals surface area contributed by atoms with E-state index in [-0.39, 0.29) is 18.0 Å². The molecular formula is C25H28N6O2S. The molecule has 176 valence electrons. The van der Waals surface area contributed by atoms with E-state index in [1.165, 1.54) is 11.3 Å². The number of allylic oxidation sites excluding steroid dienone is 1. The van der Waals surface area contributed by atoms with Crippen LogP contribution in [0, 0.1) is 12.8 Å². The molecule has 1 atom stereocenters. The van der Waals surface area contributed by atoms with Gasteiger partial charge < -0.3 is 16.4 Å². The van der Waals surface area contributed by atoms with Gasteiger partial charge in [-0.05, 0) is 56.2 Å². The maximum Gasteiger partial charge on any atom is 0.331 e. The van der Waals surface area contributed by atoms with Gasteiger partial charge in [0.25, 0.3) is 5.91 Å². The molecular weight excluding hydrogens is 448 g/mol. The van der Waals surface area contributed by atoms with Gasteiger partial charge in [-0.15, -0.1) is 11.3 Å². The summed E-state index contributed by atoms with van der Waals surface area (Å²) in [6, 6.07) is 3.32. The van der Waals surface area contributed by atoms with Gasteiger partial charge in [0.05, 0.1) is 28.6 Å². The number of urea groups is 1. The lowest BCUT2D eigenvalue weighted by Crippen LogP contribution is -2.37. The van der Waals surface area contributed by atoms with Crippen molar-refractivity contribution in [3.63, 3.8) is 0 Å². The molecule has 0 fully saturated rings. The molecule has 0 spiro atoms. The van der Waals surface area contributed by atoms with Crippen LogP contribution in [-0.4, -0.2) is 27.9 Å². The maximum atomic E-state index is 13.3. The molecule has 1 aliphatic heterocycles. The number of hydrogen-bond acceptors (Lipinski definition) is 6. The van der Waals surface area contributed by atoms with Crippen molar-refractivity contribution in [2.75, 3.05) is 10.2 Å². The summed E-state index contributed by atoms with van der Waals surface area (Å²) in [4.78, 5) is 38.3. The molecule has 0 aromatic carbocycles. The number of hydrogen-bond donors (Lipinski definition) is 3. The number of amides is 3. The second kappa shape index (κ2) is 8.81. The van der Waals surface area contributed by atoms with Crippen LogP contribution >= 0.6 is 11.3 Å². The van der Waals surface area contributed by atoms with Crippen molar-refractivity contribution >= 4 is 50.6 Å². The highest BCUT2D eigenvalue weighted by molar-refractivity contribution is 7.21. The van der Waals surface area contributed by atoms with E-state index < -0.39 is 0 Å². The Morgan fingerprint density at radius 1 is 1.35 bits per heavy atom. The number of pyridine rings is 2. The fraction of sp³-hybridized carbons (Fsp3) is 0.360. The average molecular weight is 477 g/mol. The predicted octanol–water partition coefficient (Wildman–Crippen LogP) is 5.01. The van der Waals surface area contributed by atoms with Crippen LogP contribution in [0.25, 0.3) is 10.2 Å². The van der Waals surface area contributed by atoms with E-state index in [4.69, 9.17) is 5.73 Å². The van der Waals surface area contributed by atoms with E-state index in [1.807, 2.05) is 19.1 Å². The minimum absolute atomic E-state index is 0.184. The number of nitrogens with two attached hydrogens (primary N) is 1. The summed E-state index contributed by atoms with van der Waals surface area (Å²) in [7, 11) is 0. The topological polar surface area (TPSA) is 113 Å². The largest absolute Gasteiger partial charge is 0.331 e. The number of aromatic nitrogens is 2. The molecule has 2 aliphatic rings. The minimum atomic E-state index is -0.331. The van der Waals surface area contributed by atoms with Gasteiger partial charge in [0.15, 0.2) is 0 Å². The zero-order valence-electron chi connectivity index (χ0n) is 19.5. The first-order valence-electron chi connectivity index (χ1n) is 11.6. The molecule has 9 heteroatoms. The zero-order chi connectivity index (χ0) is 24.0. The number of carbonyl (C=O) groups is 2. The Kier molecular flexibility index (Phi) is 5.83. The molecule has 0 saturated heterocycles. The van der Waals surface area contributed by atoms with Gasteiger partial charge >= 0.3 is 6.03 Å². The number of thiophene rings is 1. The van der Waals surface area contributed by atoms with Crippen LogP contribution < -0.4 is 21.3 Å². The van der Waals surface area contributed by atoms with Gasteiger partial charge in [0, 0.05) is 23.6 Å². The molecule has 0 unspecified atom stereocenters. The minimum Gasteiger partial charge on any atom is -0.324 e. The second-order valence-corrected chi connectivity index (χ2v) is 10.3. The van der Waals surface area contributed by atoms with Gasteiger partial charge in [-0.25, -0.2) is 9.78 Å². The van der Waals surface area contributed by atoms with Crippen molar-refractivity contribution < 1.29 is 9.59 Å². The van der Waals surface area contributed by atoms with Crippen LogP contribution in [0.1, 0.15) is 54.0 Å². The van der Waals surface area contributed by atoms with Crippen molar-refractivity contribution in [3.05, 3.63) is 52.4 Å². The summed E-state index contributed by atoms with van der Waals surface area (Å²) >= 11 is 1.27. The predicted molar refractivity (Wildman–Crippen MR) is 136 cm³/mol. The Morgan fingerprint density at radius 2 is 2.18 bits per heavy atom. The number of nitrogens with zero attached hydrogens (tertiary/aromatic N) is 3. The van der Waals surface area contributed by atoms with Gasteiger partial charge in [-0.3, -0.25) is 14.7 Å². The summed E-state index contributed by atoms with van der Waals surface area (Å²) in [5.74, 6) is 0.213. The fourth-order valence-electron chi connectivity index (χ4n) is 4.59. The van der Waals surface area contributed by atoms with E-state index in [9.17, 15) is 9.59 Å². The smallest absolute Gasteiger partial charge is 0.324 e. The van der Waals surface area contributed by atoms with Gasteiger partial charge in [0.1, 0.15) is 9.71 Å². The monoisotopic (exact) mass is 476 g/mol. The van der Waals surface area contributed by atoms with Crippen molar-refractivity contribution in [1.29, 1.82) is 0 Å². The average Bonchev–Trinajstić information content (AvgIpc) is 3.16. The molecule has 3 aromatic heterocycles. The van der Waals surface area contributed by atoms with Crippen molar-refractivity contribution in [2.45, 2.75) is 52.5 Å². The third kappa shape index (κ3) is 3.95. The Hall–Kier alpha value is -3.30. The number of aryl methyl sites for hydroxylation is 1. The first-order chi connectivity index (χ1) is 16.3. The standard InChI is InChI=1S/C25H28N6O2S/c1-13(2)10-15-11-14(3)19(12-28-15)31-18-8-9-27-24-20(18)21(30-25(31)33)22(34-24)23(32)29-17-7-5-4-6-16(17)26/h7-9,11-13,16H,4-6,10,26H2,1-3H3,(H,29,32)(H,30,33)/t16-/m0/s1. The van der Waals surface area contributed by atoms with E-state index in [1.54, 1.807) is 23.4 Å². The van der Waals surface area contributed by atoms with Crippen LogP contribution in [0.3, 0.4) is 0 Å². The van der Waals surface area contributed by atoms with Gasteiger partial charge in [-0.1, -0.05) is 19.9 Å². The molecule has 4 N–H and O–H groups in total. The summed E-state index contributed by atoms with van der Waals surface area (Å²) in [6.07, 6.45) is 9.02. The highest BCUT2D eigenvalue weighted by Crippen LogP contribution is 2.46.